The van der Waals surface area contributed by atoms with Crippen molar-refractivity contribution in [3.05, 3.63) is 54.6 Å². The Labute approximate surface area is 161 Å². The van der Waals surface area contributed by atoms with E-state index in [0.717, 1.165) is 0 Å². The monoisotopic (exact) mass is 378 g/mol. The van der Waals surface area contributed by atoms with Gasteiger partial charge in [0.2, 0.25) is 6.10 Å². The minimum Gasteiger partial charge on any atom is -0.485 e. The van der Waals surface area contributed by atoms with Crippen LogP contribution in [0.2, 0.25) is 0 Å². The predicted molar refractivity (Wildman–Crippen MR) is 104 cm³/mol. The molecule has 2 aromatic carbocycles. The molecule has 0 aliphatic carbocycles. The Bertz CT molecular complexity index is 958. The Hall–Kier alpha value is -3.68. The zero-order valence-corrected chi connectivity index (χ0v) is 15.1. The molecule has 0 radical (unpaired) electrons. The third kappa shape index (κ3) is 3.44. The summed E-state index contributed by atoms with van der Waals surface area (Å²) in [4.78, 5) is 24.9. The molecule has 0 saturated carbocycles. The van der Waals surface area contributed by atoms with Crippen LogP contribution in [-0.4, -0.2) is 36.5 Å². The van der Waals surface area contributed by atoms with Gasteiger partial charge in [0.1, 0.15) is 12.5 Å². The lowest BCUT2D eigenvalue weighted by atomic mass is 10.1. The van der Waals surface area contributed by atoms with Crippen molar-refractivity contribution in [2.24, 2.45) is 16.1 Å². The van der Waals surface area contributed by atoms with Gasteiger partial charge in [-0.2, -0.15) is 15.2 Å². The number of hydrogen-bond acceptors (Lipinski definition) is 6. The van der Waals surface area contributed by atoms with E-state index in [1.165, 1.54) is 11.2 Å². The van der Waals surface area contributed by atoms with Gasteiger partial charge in [-0.15, -0.1) is 0 Å². The molecule has 2 atom stereocenters. The molecule has 8 heteroatoms. The van der Waals surface area contributed by atoms with Gasteiger partial charge in [-0.3, -0.25) is 9.59 Å². The van der Waals surface area contributed by atoms with E-state index in [-0.39, 0.29) is 12.5 Å². The highest BCUT2D eigenvalue weighted by Crippen LogP contribution is 2.30. The lowest BCUT2D eigenvalue weighted by Crippen LogP contribution is -2.42. The second-order valence-electron chi connectivity index (χ2n) is 6.32. The topological polar surface area (TPSA) is 92.6 Å². The van der Waals surface area contributed by atoms with Crippen LogP contribution >= 0.6 is 0 Å². The van der Waals surface area contributed by atoms with E-state index in [1.807, 2.05) is 24.3 Å². The molecule has 2 unspecified atom stereocenters. The SMILES string of the molecule is CC1=NN(c2ccccc2)C(=O)C1/C=N/NC(=O)C1COc2ccccc2O1. The summed E-state index contributed by atoms with van der Waals surface area (Å²) in [7, 11) is 0. The van der Waals surface area contributed by atoms with Crippen molar-refractivity contribution >= 4 is 29.4 Å². The molecule has 0 bridgehead atoms. The molecular formula is C20H18N4O4. The first kappa shape index (κ1) is 17.7. The van der Waals surface area contributed by atoms with Crippen molar-refractivity contribution in [1.29, 1.82) is 0 Å². The van der Waals surface area contributed by atoms with Crippen molar-refractivity contribution in [3.8, 4) is 11.5 Å². The molecular weight excluding hydrogens is 360 g/mol. The summed E-state index contributed by atoms with van der Waals surface area (Å²) in [5, 5.41) is 9.55. The van der Waals surface area contributed by atoms with Crippen LogP contribution in [0.25, 0.3) is 0 Å². The smallest absolute Gasteiger partial charge is 0.284 e. The average Bonchev–Trinajstić information content (AvgIpc) is 3.02. The number of carbonyl (C=O) groups is 2. The quantitative estimate of drug-likeness (QED) is 0.650. The lowest BCUT2D eigenvalue weighted by Gasteiger charge is -2.24. The number of carbonyl (C=O) groups excluding carboxylic acids is 2. The molecule has 0 aromatic heterocycles. The van der Waals surface area contributed by atoms with E-state index in [4.69, 9.17) is 9.47 Å². The van der Waals surface area contributed by atoms with E-state index in [2.05, 4.69) is 15.6 Å². The third-order valence-corrected chi connectivity index (χ3v) is 4.38. The number of nitrogens with one attached hydrogen (secondary N) is 1. The van der Waals surface area contributed by atoms with Crippen LogP contribution in [0.4, 0.5) is 5.69 Å². The summed E-state index contributed by atoms with van der Waals surface area (Å²) < 4.78 is 11.1. The molecule has 1 N–H and O–H groups in total. The van der Waals surface area contributed by atoms with Gasteiger partial charge < -0.3 is 9.47 Å². The minimum atomic E-state index is -0.818. The Morgan fingerprint density at radius 1 is 1.18 bits per heavy atom. The van der Waals surface area contributed by atoms with Gasteiger partial charge >= 0.3 is 0 Å². The van der Waals surface area contributed by atoms with Crippen LogP contribution < -0.4 is 19.9 Å². The van der Waals surface area contributed by atoms with Crippen molar-refractivity contribution in [1.82, 2.24) is 5.43 Å². The Balaban J connectivity index is 1.37. The van der Waals surface area contributed by atoms with E-state index in [1.54, 1.807) is 37.3 Å². The van der Waals surface area contributed by atoms with Crippen LogP contribution in [0.1, 0.15) is 6.92 Å². The highest BCUT2D eigenvalue weighted by Gasteiger charge is 2.33. The standard InChI is InChI=1S/C20H18N4O4/c1-13-15(20(26)24(23-13)14-7-3-2-4-8-14)11-21-22-19(25)18-12-27-16-9-5-6-10-17(16)28-18/h2-11,15,18H,12H2,1H3,(H,22,25)/b21-11+. The van der Waals surface area contributed by atoms with Crippen LogP contribution in [0.3, 0.4) is 0 Å². The number of rotatable bonds is 4. The fourth-order valence-electron chi connectivity index (χ4n) is 2.90. The summed E-state index contributed by atoms with van der Waals surface area (Å²) in [5.74, 6) is -0.215. The molecule has 2 amide bonds. The molecule has 2 aliphatic rings. The average molecular weight is 378 g/mol. The summed E-state index contributed by atoms with van der Waals surface area (Å²) in [5.41, 5.74) is 3.68. The molecule has 0 spiro atoms. The number of hydrazone groups is 2. The van der Waals surface area contributed by atoms with Gasteiger partial charge in [-0.05, 0) is 31.2 Å². The Morgan fingerprint density at radius 3 is 2.68 bits per heavy atom. The third-order valence-electron chi connectivity index (χ3n) is 4.38. The highest BCUT2D eigenvalue weighted by atomic mass is 16.6. The number of anilines is 1. The first-order valence-electron chi connectivity index (χ1n) is 8.79. The van der Waals surface area contributed by atoms with Crippen LogP contribution in [0.5, 0.6) is 11.5 Å². The van der Waals surface area contributed by atoms with Crippen molar-refractivity contribution in [2.45, 2.75) is 13.0 Å². The van der Waals surface area contributed by atoms with Crippen LogP contribution in [-0.2, 0) is 9.59 Å². The molecule has 2 aromatic rings. The number of fused-ring (bicyclic) bond motifs is 1. The Morgan fingerprint density at radius 2 is 1.89 bits per heavy atom. The first-order chi connectivity index (χ1) is 13.6. The lowest BCUT2D eigenvalue weighted by molar-refractivity contribution is -0.130. The molecule has 0 fully saturated rings. The van der Waals surface area contributed by atoms with Gasteiger partial charge in [0.25, 0.3) is 11.8 Å². The van der Waals surface area contributed by atoms with Crippen molar-refractivity contribution < 1.29 is 19.1 Å². The first-order valence-corrected chi connectivity index (χ1v) is 8.79. The zero-order valence-electron chi connectivity index (χ0n) is 15.1. The zero-order chi connectivity index (χ0) is 19.5. The maximum Gasteiger partial charge on any atom is 0.284 e. The van der Waals surface area contributed by atoms with Crippen LogP contribution in [0.15, 0.2) is 64.8 Å². The van der Waals surface area contributed by atoms with E-state index < -0.39 is 17.9 Å². The van der Waals surface area contributed by atoms with Crippen LogP contribution in [0, 0.1) is 5.92 Å². The largest absolute Gasteiger partial charge is 0.485 e. The van der Waals surface area contributed by atoms with E-state index >= 15 is 0 Å². The fraction of sp³-hybridized carbons (Fsp3) is 0.200. The summed E-state index contributed by atoms with van der Waals surface area (Å²) in [6, 6.07) is 16.3. The number of nitrogens with zero attached hydrogens (tertiary/aromatic N) is 3. The minimum absolute atomic E-state index is 0.0863. The van der Waals surface area contributed by atoms with E-state index in [0.29, 0.717) is 22.9 Å². The molecule has 8 nitrogen and oxygen atoms in total. The Kier molecular flexibility index (Phi) is 4.76. The number of amides is 2. The molecule has 4 rings (SSSR count). The van der Waals surface area contributed by atoms with Gasteiger partial charge in [0.05, 0.1) is 11.4 Å². The molecule has 2 heterocycles. The normalized spacial score (nSPS) is 21.0. The second-order valence-corrected chi connectivity index (χ2v) is 6.32. The molecule has 0 saturated heterocycles. The number of benzene rings is 2. The summed E-state index contributed by atoms with van der Waals surface area (Å²) in [6.45, 7) is 1.83. The van der Waals surface area contributed by atoms with Gasteiger partial charge in [-0.1, -0.05) is 30.3 Å². The van der Waals surface area contributed by atoms with Gasteiger partial charge in [0.15, 0.2) is 11.5 Å². The maximum absolute atomic E-state index is 12.6. The van der Waals surface area contributed by atoms with Gasteiger partial charge in [-0.25, -0.2) is 5.43 Å². The number of ether oxygens (including phenoxy) is 2. The molecule has 2 aliphatic heterocycles. The van der Waals surface area contributed by atoms with Crippen molar-refractivity contribution in [3.63, 3.8) is 0 Å². The summed E-state index contributed by atoms with van der Waals surface area (Å²) in [6.07, 6.45) is 0.557. The fourth-order valence-corrected chi connectivity index (χ4v) is 2.90. The molecule has 28 heavy (non-hydrogen) atoms. The number of para-hydroxylation sites is 3. The summed E-state index contributed by atoms with van der Waals surface area (Å²) >= 11 is 0. The van der Waals surface area contributed by atoms with Gasteiger partial charge in [0, 0.05) is 6.21 Å². The maximum atomic E-state index is 12.6. The second kappa shape index (κ2) is 7.51. The van der Waals surface area contributed by atoms with Crippen molar-refractivity contribution in [2.75, 3.05) is 11.6 Å². The van der Waals surface area contributed by atoms with E-state index in [9.17, 15) is 9.59 Å². The predicted octanol–water partition coefficient (Wildman–Crippen LogP) is 1.97. The molecule has 142 valence electrons. The highest BCUT2D eigenvalue weighted by molar-refractivity contribution is 6.23. The number of hydrogen-bond donors (Lipinski definition) is 1.